The molecule has 0 bridgehead atoms. The molecule has 0 aliphatic heterocycles. The summed E-state index contributed by atoms with van der Waals surface area (Å²) in [4.78, 5) is 30.5. The molecule has 1 aliphatic carbocycles. The van der Waals surface area contributed by atoms with Crippen molar-refractivity contribution in [3.63, 3.8) is 0 Å². The second-order valence-corrected chi connectivity index (χ2v) is 14.9. The minimum atomic E-state index is -4.35. The van der Waals surface area contributed by atoms with Gasteiger partial charge >= 0.3 is 0 Å². The fourth-order valence-corrected chi connectivity index (χ4v) is 7.78. The van der Waals surface area contributed by atoms with Crippen LogP contribution in [0.15, 0.2) is 102 Å². The second-order valence-electron chi connectivity index (χ2n) is 12.6. The number of sulfonamides is 1. The van der Waals surface area contributed by atoms with E-state index in [0.717, 1.165) is 53.1 Å². The molecule has 5 rings (SSSR count). The Morgan fingerprint density at radius 3 is 2.14 bits per heavy atom. The molecule has 4 aromatic carbocycles. The zero-order valence-corrected chi connectivity index (χ0v) is 30.3. The first-order valence-electron chi connectivity index (χ1n) is 16.8. The number of nitrogens with zero attached hydrogens (tertiary/aromatic N) is 2. The Morgan fingerprint density at radius 2 is 1.50 bits per heavy atom. The molecule has 1 aliphatic rings. The van der Waals surface area contributed by atoms with Crippen LogP contribution >= 0.6 is 11.6 Å². The van der Waals surface area contributed by atoms with Crippen LogP contribution in [0.25, 0.3) is 0 Å². The predicted octanol–water partition coefficient (Wildman–Crippen LogP) is 6.95. The summed E-state index contributed by atoms with van der Waals surface area (Å²) in [6.45, 7) is 1.50. The minimum absolute atomic E-state index is 0.0156. The van der Waals surface area contributed by atoms with Crippen LogP contribution in [0.3, 0.4) is 0 Å². The molecule has 1 fully saturated rings. The highest BCUT2D eigenvalue weighted by atomic mass is 35.5. The molecule has 50 heavy (non-hydrogen) atoms. The van der Waals surface area contributed by atoms with Gasteiger partial charge < -0.3 is 19.7 Å². The monoisotopic (exact) mass is 717 g/mol. The summed E-state index contributed by atoms with van der Waals surface area (Å²) in [5.41, 5.74) is 2.98. The van der Waals surface area contributed by atoms with Crippen molar-refractivity contribution in [3.05, 3.63) is 119 Å². The Hall–Kier alpha value is -4.54. The quantitative estimate of drug-likeness (QED) is 0.151. The predicted molar refractivity (Wildman–Crippen MR) is 196 cm³/mol. The zero-order chi connectivity index (χ0) is 35.7. The summed E-state index contributed by atoms with van der Waals surface area (Å²) in [5.74, 6) is -0.219. The van der Waals surface area contributed by atoms with Crippen LogP contribution in [0.5, 0.6) is 11.5 Å². The van der Waals surface area contributed by atoms with Crippen LogP contribution in [0, 0.1) is 6.92 Å². The smallest absolute Gasteiger partial charge is 0.264 e. The van der Waals surface area contributed by atoms with Gasteiger partial charge in [-0.2, -0.15) is 0 Å². The number of carbonyl (C=O) groups is 2. The molecule has 0 spiro atoms. The summed E-state index contributed by atoms with van der Waals surface area (Å²) in [6.07, 6.45) is 5.20. The van der Waals surface area contributed by atoms with E-state index in [1.54, 1.807) is 24.3 Å². The lowest BCUT2D eigenvalue weighted by molar-refractivity contribution is -0.140. The van der Waals surface area contributed by atoms with E-state index in [4.69, 9.17) is 21.1 Å². The Labute approximate surface area is 300 Å². The van der Waals surface area contributed by atoms with Crippen molar-refractivity contribution in [2.75, 3.05) is 25.1 Å². The third-order valence-electron chi connectivity index (χ3n) is 9.03. The molecule has 0 heterocycles. The maximum Gasteiger partial charge on any atom is 0.264 e. The third kappa shape index (κ3) is 9.17. The number of rotatable bonds is 14. The number of carbonyl (C=O) groups excluding carboxylic acids is 2. The number of aryl methyl sites for hydroxylation is 1. The molecule has 0 radical (unpaired) electrons. The average molecular weight is 718 g/mol. The van der Waals surface area contributed by atoms with E-state index in [2.05, 4.69) is 5.32 Å². The van der Waals surface area contributed by atoms with Crippen molar-refractivity contribution < 1.29 is 27.5 Å². The van der Waals surface area contributed by atoms with Crippen molar-refractivity contribution in [3.8, 4) is 11.5 Å². The van der Waals surface area contributed by atoms with E-state index >= 15 is 0 Å². The van der Waals surface area contributed by atoms with Crippen molar-refractivity contribution in [2.24, 2.45) is 0 Å². The van der Waals surface area contributed by atoms with Gasteiger partial charge in [0.15, 0.2) is 11.5 Å². The molecule has 1 N–H and O–H groups in total. The maximum atomic E-state index is 14.8. The Bertz CT molecular complexity index is 1850. The van der Waals surface area contributed by atoms with E-state index in [-0.39, 0.29) is 41.2 Å². The highest BCUT2D eigenvalue weighted by Crippen LogP contribution is 2.33. The molecule has 1 atom stereocenters. The number of benzene rings is 4. The molecule has 264 valence electrons. The molecular weight excluding hydrogens is 674 g/mol. The first-order chi connectivity index (χ1) is 24.1. The van der Waals surface area contributed by atoms with Gasteiger partial charge in [0.25, 0.3) is 10.0 Å². The summed E-state index contributed by atoms with van der Waals surface area (Å²) < 4.78 is 40.7. The lowest BCUT2D eigenvalue weighted by Gasteiger charge is -2.35. The van der Waals surface area contributed by atoms with Gasteiger partial charge in [0.05, 0.1) is 24.8 Å². The molecule has 11 heteroatoms. The highest BCUT2D eigenvalue weighted by Gasteiger charge is 2.35. The Balaban J connectivity index is 1.57. The van der Waals surface area contributed by atoms with Gasteiger partial charge in [-0.3, -0.25) is 13.9 Å². The number of nitrogens with one attached hydrogen (secondary N) is 1. The first-order valence-corrected chi connectivity index (χ1v) is 18.6. The van der Waals surface area contributed by atoms with Gasteiger partial charge in [-0.15, -0.1) is 0 Å². The summed E-state index contributed by atoms with van der Waals surface area (Å²) in [6, 6.07) is 26.9. The third-order valence-corrected chi connectivity index (χ3v) is 11.1. The van der Waals surface area contributed by atoms with Crippen LogP contribution in [-0.4, -0.2) is 58.0 Å². The molecule has 9 nitrogen and oxygen atoms in total. The van der Waals surface area contributed by atoms with Crippen molar-refractivity contribution in [2.45, 2.75) is 69.0 Å². The second kappa shape index (κ2) is 16.9. The molecule has 0 unspecified atom stereocenters. The van der Waals surface area contributed by atoms with Crippen LogP contribution in [0.2, 0.25) is 5.02 Å². The fraction of sp³-hybridized carbons (Fsp3) is 0.333. The summed E-state index contributed by atoms with van der Waals surface area (Å²) in [7, 11) is -1.47. The number of anilines is 1. The Morgan fingerprint density at radius 1 is 0.840 bits per heavy atom. The van der Waals surface area contributed by atoms with E-state index in [0.29, 0.717) is 10.8 Å². The SMILES string of the molecule is COc1ccc(S(=O)(=O)N(CC(=O)N(Cc2ccc(C)cc2)[C@@H](Cc2ccccc2)C(=O)NC2CCCCC2)c2ccc(Cl)cc2)cc1OC. The van der Waals surface area contributed by atoms with Gasteiger partial charge in [-0.05, 0) is 67.3 Å². The number of hydrogen-bond acceptors (Lipinski definition) is 6. The van der Waals surface area contributed by atoms with Crippen molar-refractivity contribution in [1.29, 1.82) is 0 Å². The fourth-order valence-electron chi connectivity index (χ4n) is 6.23. The topological polar surface area (TPSA) is 105 Å². The van der Waals surface area contributed by atoms with E-state index in [1.165, 1.54) is 37.3 Å². The van der Waals surface area contributed by atoms with Gasteiger partial charge in [0.2, 0.25) is 11.8 Å². The van der Waals surface area contributed by atoms with E-state index in [1.807, 2.05) is 61.5 Å². The lowest BCUT2D eigenvalue weighted by Crippen LogP contribution is -2.55. The number of ether oxygens (including phenoxy) is 2. The molecule has 4 aromatic rings. The lowest BCUT2D eigenvalue weighted by atomic mass is 9.94. The van der Waals surface area contributed by atoms with Crippen molar-refractivity contribution >= 4 is 39.1 Å². The largest absolute Gasteiger partial charge is 0.493 e. The maximum absolute atomic E-state index is 14.8. The molecule has 2 amide bonds. The number of hydrogen-bond donors (Lipinski definition) is 1. The van der Waals surface area contributed by atoms with Crippen LogP contribution in [0.1, 0.15) is 48.8 Å². The van der Waals surface area contributed by atoms with E-state index < -0.39 is 28.5 Å². The van der Waals surface area contributed by atoms with Gasteiger partial charge in [0.1, 0.15) is 12.6 Å². The van der Waals surface area contributed by atoms with E-state index in [9.17, 15) is 18.0 Å². The summed E-state index contributed by atoms with van der Waals surface area (Å²) in [5, 5.41) is 3.64. The number of methoxy groups -OCH3 is 2. The normalized spacial score (nSPS) is 14.0. The van der Waals surface area contributed by atoms with Crippen LogP contribution in [-0.2, 0) is 32.6 Å². The molecule has 0 aromatic heterocycles. The molecule has 1 saturated carbocycles. The highest BCUT2D eigenvalue weighted by molar-refractivity contribution is 7.92. The minimum Gasteiger partial charge on any atom is -0.493 e. The molecular formula is C39H44ClN3O6S. The number of amides is 2. The van der Waals surface area contributed by atoms with Crippen molar-refractivity contribution in [1.82, 2.24) is 10.2 Å². The first kappa shape index (κ1) is 36.7. The van der Waals surface area contributed by atoms with Gasteiger partial charge in [0, 0.05) is 30.1 Å². The zero-order valence-electron chi connectivity index (χ0n) is 28.7. The van der Waals surface area contributed by atoms with Gasteiger partial charge in [-0.25, -0.2) is 8.42 Å². The van der Waals surface area contributed by atoms with Crippen LogP contribution < -0.4 is 19.1 Å². The standard InChI is InChI=1S/C39H44ClN3O6S/c1-28-14-16-30(17-15-28)26-42(35(24-29-10-6-4-7-11-29)39(45)41-32-12-8-5-9-13-32)38(44)27-43(33-20-18-31(40)19-21-33)50(46,47)34-22-23-36(48-2)37(25-34)49-3/h4,6-7,10-11,14-23,25,32,35H,5,8-9,12-13,24,26-27H2,1-3H3,(H,41,45)/t35-/m0/s1. The molecule has 0 saturated heterocycles. The summed E-state index contributed by atoms with van der Waals surface area (Å²) >= 11 is 6.19. The Kier molecular flexibility index (Phi) is 12.4. The average Bonchev–Trinajstić information content (AvgIpc) is 3.13. The van der Waals surface area contributed by atoms with Gasteiger partial charge in [-0.1, -0.05) is 91.0 Å². The van der Waals surface area contributed by atoms with Crippen LogP contribution in [0.4, 0.5) is 5.69 Å². The number of halogens is 1.